The number of nitrogens with zero attached hydrogens (tertiary/aromatic N) is 1. The Kier molecular flexibility index (Phi) is 5.09. The van der Waals surface area contributed by atoms with E-state index in [2.05, 4.69) is 17.4 Å². The van der Waals surface area contributed by atoms with E-state index in [1.54, 1.807) is 12.1 Å². The Morgan fingerprint density at radius 1 is 1.29 bits per heavy atom. The third-order valence-corrected chi connectivity index (χ3v) is 3.66. The molecule has 0 unspecified atom stereocenters. The lowest BCUT2D eigenvalue weighted by molar-refractivity contribution is 0.169. The van der Waals surface area contributed by atoms with Crippen molar-refractivity contribution >= 4 is 0 Å². The van der Waals surface area contributed by atoms with Crippen LogP contribution in [0.1, 0.15) is 48.1 Å². The van der Waals surface area contributed by atoms with Crippen LogP contribution in [0.5, 0.6) is 0 Å². The zero-order valence-corrected chi connectivity index (χ0v) is 12.6. The predicted molar refractivity (Wildman–Crippen MR) is 78.4 cm³/mol. The van der Waals surface area contributed by atoms with E-state index in [1.807, 2.05) is 13.8 Å². The first-order chi connectivity index (χ1) is 10.0. The quantitative estimate of drug-likeness (QED) is 0.858. The summed E-state index contributed by atoms with van der Waals surface area (Å²) in [6.07, 6.45) is 0.180. The summed E-state index contributed by atoms with van der Waals surface area (Å²) in [6, 6.07) is 5.97. The van der Waals surface area contributed by atoms with Crippen LogP contribution < -0.4 is 5.32 Å². The molecule has 0 amide bonds. The van der Waals surface area contributed by atoms with Gasteiger partial charge in [-0.25, -0.2) is 4.39 Å². The summed E-state index contributed by atoms with van der Waals surface area (Å²) in [4.78, 5) is 0. The number of aromatic nitrogens is 1. The van der Waals surface area contributed by atoms with E-state index in [0.717, 1.165) is 23.4 Å². The van der Waals surface area contributed by atoms with Crippen LogP contribution in [-0.4, -0.2) is 16.8 Å². The second-order valence-electron chi connectivity index (χ2n) is 5.17. The number of benzene rings is 1. The number of aryl methyl sites for hydroxylation is 2. The highest BCUT2D eigenvalue weighted by Crippen LogP contribution is 2.24. The van der Waals surface area contributed by atoms with Gasteiger partial charge < -0.3 is 14.9 Å². The molecule has 1 heterocycles. The summed E-state index contributed by atoms with van der Waals surface area (Å²) >= 11 is 0. The van der Waals surface area contributed by atoms with Gasteiger partial charge in [0.15, 0.2) is 0 Å². The summed E-state index contributed by atoms with van der Waals surface area (Å²) < 4.78 is 18.1. The molecule has 2 N–H and O–H groups in total. The molecule has 0 aliphatic heterocycles. The van der Waals surface area contributed by atoms with Gasteiger partial charge in [0.2, 0.25) is 0 Å². The Hall–Kier alpha value is -1.72. The SMILES string of the molecule is CC[C@H](NC[C@@H](O)c1ccc(F)cc1)c1c(C)noc1C. The maximum absolute atomic E-state index is 12.9. The van der Waals surface area contributed by atoms with Crippen molar-refractivity contribution in [2.75, 3.05) is 6.54 Å². The molecule has 0 spiro atoms. The van der Waals surface area contributed by atoms with Crippen molar-refractivity contribution in [2.45, 2.75) is 39.3 Å². The summed E-state index contributed by atoms with van der Waals surface area (Å²) in [5.41, 5.74) is 2.60. The highest BCUT2D eigenvalue weighted by atomic mass is 19.1. The minimum atomic E-state index is -0.680. The molecule has 5 heteroatoms. The zero-order valence-electron chi connectivity index (χ0n) is 12.6. The third kappa shape index (κ3) is 3.68. The number of rotatable bonds is 6. The van der Waals surface area contributed by atoms with Crippen LogP contribution in [0.2, 0.25) is 0 Å². The first-order valence-electron chi connectivity index (χ1n) is 7.12. The van der Waals surface area contributed by atoms with Gasteiger partial charge in [0.05, 0.1) is 11.8 Å². The van der Waals surface area contributed by atoms with E-state index < -0.39 is 6.10 Å². The molecule has 2 atom stereocenters. The van der Waals surface area contributed by atoms with Gasteiger partial charge in [0.25, 0.3) is 0 Å². The number of halogens is 1. The summed E-state index contributed by atoms with van der Waals surface area (Å²) in [6.45, 7) is 6.24. The lowest BCUT2D eigenvalue weighted by Crippen LogP contribution is -2.26. The van der Waals surface area contributed by atoms with Crippen molar-refractivity contribution in [1.82, 2.24) is 10.5 Å². The fourth-order valence-electron chi connectivity index (χ4n) is 2.49. The van der Waals surface area contributed by atoms with Crippen molar-refractivity contribution in [2.24, 2.45) is 0 Å². The topological polar surface area (TPSA) is 58.3 Å². The average molecular weight is 292 g/mol. The van der Waals surface area contributed by atoms with Crippen LogP contribution in [0.25, 0.3) is 0 Å². The molecule has 2 rings (SSSR count). The van der Waals surface area contributed by atoms with Gasteiger partial charge in [-0.2, -0.15) is 0 Å². The van der Waals surface area contributed by atoms with E-state index in [-0.39, 0.29) is 11.9 Å². The molecule has 114 valence electrons. The molecule has 0 saturated heterocycles. The average Bonchev–Trinajstić information content (AvgIpc) is 2.80. The standard InChI is InChI=1S/C16H21FN2O2/c1-4-14(16-10(2)19-21-11(16)3)18-9-15(20)12-5-7-13(17)8-6-12/h5-8,14-15,18,20H,4,9H2,1-3H3/t14-,15+/m0/s1. The molecule has 2 aromatic rings. The molecule has 1 aromatic heterocycles. The van der Waals surface area contributed by atoms with Gasteiger partial charge in [-0.1, -0.05) is 24.2 Å². The van der Waals surface area contributed by atoms with Gasteiger partial charge in [-0.3, -0.25) is 0 Å². The van der Waals surface area contributed by atoms with Crippen molar-refractivity contribution < 1.29 is 14.0 Å². The number of aliphatic hydroxyl groups is 1. The number of aliphatic hydroxyl groups excluding tert-OH is 1. The zero-order chi connectivity index (χ0) is 15.4. The predicted octanol–water partition coefficient (Wildman–Crippen LogP) is 3.20. The van der Waals surface area contributed by atoms with Gasteiger partial charge in [0, 0.05) is 18.2 Å². The number of hydrogen-bond acceptors (Lipinski definition) is 4. The summed E-state index contributed by atoms with van der Waals surface area (Å²) in [5, 5.41) is 17.5. The molecule has 0 fully saturated rings. The van der Waals surface area contributed by atoms with Crippen LogP contribution in [-0.2, 0) is 0 Å². The van der Waals surface area contributed by atoms with Crippen molar-refractivity contribution in [1.29, 1.82) is 0 Å². The molecule has 1 aromatic carbocycles. The second kappa shape index (κ2) is 6.83. The Morgan fingerprint density at radius 3 is 2.48 bits per heavy atom. The van der Waals surface area contributed by atoms with Crippen LogP contribution >= 0.6 is 0 Å². The van der Waals surface area contributed by atoms with E-state index >= 15 is 0 Å². The molecular formula is C16H21FN2O2. The van der Waals surface area contributed by atoms with Crippen LogP contribution in [0.4, 0.5) is 4.39 Å². The van der Waals surface area contributed by atoms with Gasteiger partial charge in [-0.15, -0.1) is 0 Å². The largest absolute Gasteiger partial charge is 0.387 e. The Bertz CT molecular complexity index is 561. The van der Waals surface area contributed by atoms with E-state index in [0.29, 0.717) is 12.1 Å². The summed E-state index contributed by atoms with van der Waals surface area (Å²) in [7, 11) is 0. The van der Waals surface area contributed by atoms with Crippen LogP contribution in [0.3, 0.4) is 0 Å². The molecule has 21 heavy (non-hydrogen) atoms. The maximum atomic E-state index is 12.9. The lowest BCUT2D eigenvalue weighted by atomic mass is 10.0. The molecule has 0 saturated carbocycles. The first kappa shape index (κ1) is 15.7. The molecule has 0 aliphatic carbocycles. The normalized spacial score (nSPS) is 14.1. The minimum Gasteiger partial charge on any atom is -0.387 e. The van der Waals surface area contributed by atoms with E-state index in [9.17, 15) is 9.50 Å². The second-order valence-corrected chi connectivity index (χ2v) is 5.17. The van der Waals surface area contributed by atoms with E-state index in [4.69, 9.17) is 4.52 Å². The molecule has 0 radical (unpaired) electrons. The fourth-order valence-corrected chi connectivity index (χ4v) is 2.49. The van der Waals surface area contributed by atoms with Gasteiger partial charge >= 0.3 is 0 Å². The Morgan fingerprint density at radius 2 is 1.95 bits per heavy atom. The maximum Gasteiger partial charge on any atom is 0.138 e. The third-order valence-electron chi connectivity index (χ3n) is 3.66. The summed E-state index contributed by atoms with van der Waals surface area (Å²) in [5.74, 6) is 0.490. The Labute approximate surface area is 124 Å². The first-order valence-corrected chi connectivity index (χ1v) is 7.12. The lowest BCUT2D eigenvalue weighted by Gasteiger charge is -2.19. The molecular weight excluding hydrogens is 271 g/mol. The van der Waals surface area contributed by atoms with Gasteiger partial charge in [0.1, 0.15) is 11.6 Å². The smallest absolute Gasteiger partial charge is 0.138 e. The highest BCUT2D eigenvalue weighted by molar-refractivity contribution is 5.25. The van der Waals surface area contributed by atoms with Crippen molar-refractivity contribution in [3.05, 3.63) is 52.7 Å². The van der Waals surface area contributed by atoms with Crippen LogP contribution in [0.15, 0.2) is 28.8 Å². The van der Waals surface area contributed by atoms with E-state index in [1.165, 1.54) is 12.1 Å². The molecule has 0 bridgehead atoms. The number of nitrogens with one attached hydrogen (secondary N) is 1. The van der Waals surface area contributed by atoms with Crippen LogP contribution in [0, 0.1) is 19.7 Å². The van der Waals surface area contributed by atoms with Crippen molar-refractivity contribution in [3.63, 3.8) is 0 Å². The van der Waals surface area contributed by atoms with Crippen molar-refractivity contribution in [3.8, 4) is 0 Å². The molecule has 0 aliphatic rings. The Balaban J connectivity index is 2.02. The number of hydrogen-bond donors (Lipinski definition) is 2. The van der Waals surface area contributed by atoms with Gasteiger partial charge in [-0.05, 0) is 38.0 Å². The highest BCUT2D eigenvalue weighted by Gasteiger charge is 2.19. The minimum absolute atomic E-state index is 0.0753. The monoisotopic (exact) mass is 292 g/mol. The fraction of sp³-hybridized carbons (Fsp3) is 0.438. The molecule has 4 nitrogen and oxygen atoms in total.